The molecular formula is C16H24Br2N2O. The van der Waals surface area contributed by atoms with Crippen molar-refractivity contribution in [2.75, 3.05) is 19.6 Å². The summed E-state index contributed by atoms with van der Waals surface area (Å²) in [4.78, 5) is 2.44. The SMILES string of the molecule is CC1(C)CN(C(CN)c2ccc(Br)c(Br)c2)CC(C)(C)O1. The Bertz CT molecular complexity index is 501. The quantitative estimate of drug-likeness (QED) is 0.801. The molecule has 0 bridgehead atoms. The molecule has 0 radical (unpaired) electrons. The van der Waals surface area contributed by atoms with Crippen molar-refractivity contribution in [1.82, 2.24) is 4.90 Å². The van der Waals surface area contributed by atoms with E-state index in [-0.39, 0.29) is 17.2 Å². The predicted molar refractivity (Wildman–Crippen MR) is 94.5 cm³/mol. The molecule has 1 aliphatic heterocycles. The highest BCUT2D eigenvalue weighted by atomic mass is 79.9. The normalized spacial score (nSPS) is 23.0. The second kappa shape index (κ2) is 6.28. The number of ether oxygens (including phenoxy) is 1. The summed E-state index contributed by atoms with van der Waals surface area (Å²) in [6.45, 7) is 10.9. The van der Waals surface area contributed by atoms with Crippen LogP contribution in [0.3, 0.4) is 0 Å². The van der Waals surface area contributed by atoms with Gasteiger partial charge in [0.15, 0.2) is 0 Å². The number of benzene rings is 1. The number of morpholine rings is 1. The van der Waals surface area contributed by atoms with E-state index in [2.05, 4.69) is 82.7 Å². The minimum atomic E-state index is -0.165. The monoisotopic (exact) mass is 418 g/mol. The molecule has 3 nitrogen and oxygen atoms in total. The van der Waals surface area contributed by atoms with Gasteiger partial charge in [-0.15, -0.1) is 0 Å². The van der Waals surface area contributed by atoms with Gasteiger partial charge < -0.3 is 10.5 Å². The van der Waals surface area contributed by atoms with Gasteiger partial charge in [0.05, 0.1) is 11.2 Å². The first-order valence-corrected chi connectivity index (χ1v) is 8.81. The van der Waals surface area contributed by atoms with Gasteiger partial charge in [-0.05, 0) is 77.3 Å². The Morgan fingerprint density at radius 1 is 1.14 bits per heavy atom. The van der Waals surface area contributed by atoms with Crippen LogP contribution in [0.5, 0.6) is 0 Å². The van der Waals surface area contributed by atoms with Crippen molar-refractivity contribution in [3.8, 4) is 0 Å². The largest absolute Gasteiger partial charge is 0.367 e. The van der Waals surface area contributed by atoms with E-state index >= 15 is 0 Å². The lowest BCUT2D eigenvalue weighted by molar-refractivity contribution is -0.187. The second-order valence-electron chi connectivity index (χ2n) is 6.95. The van der Waals surface area contributed by atoms with Crippen LogP contribution in [0.1, 0.15) is 39.3 Å². The first-order valence-electron chi connectivity index (χ1n) is 7.23. The Balaban J connectivity index is 2.29. The molecule has 5 heteroatoms. The lowest BCUT2D eigenvalue weighted by Gasteiger charge is -2.49. The van der Waals surface area contributed by atoms with Gasteiger partial charge >= 0.3 is 0 Å². The van der Waals surface area contributed by atoms with Crippen LogP contribution >= 0.6 is 31.9 Å². The summed E-state index contributed by atoms with van der Waals surface area (Å²) in [7, 11) is 0. The van der Waals surface area contributed by atoms with E-state index in [1.54, 1.807) is 0 Å². The number of hydrogen-bond donors (Lipinski definition) is 1. The molecule has 118 valence electrons. The smallest absolute Gasteiger partial charge is 0.0761 e. The van der Waals surface area contributed by atoms with Crippen molar-refractivity contribution in [3.05, 3.63) is 32.7 Å². The van der Waals surface area contributed by atoms with E-state index in [9.17, 15) is 0 Å². The molecular weight excluding hydrogens is 396 g/mol. The molecule has 21 heavy (non-hydrogen) atoms. The first-order chi connectivity index (χ1) is 9.63. The van der Waals surface area contributed by atoms with E-state index in [0.29, 0.717) is 6.54 Å². The van der Waals surface area contributed by atoms with Crippen LogP contribution in [-0.2, 0) is 4.74 Å². The van der Waals surface area contributed by atoms with E-state index in [1.165, 1.54) is 5.56 Å². The van der Waals surface area contributed by atoms with Crippen LogP contribution in [0.4, 0.5) is 0 Å². The standard InChI is InChI=1S/C16H24Br2N2O/c1-15(2)9-20(10-16(3,4)21-15)14(8-19)11-5-6-12(17)13(18)7-11/h5-7,14H,8-10,19H2,1-4H3. The maximum absolute atomic E-state index is 6.17. The third kappa shape index (κ3) is 4.29. The molecule has 1 fully saturated rings. The average Bonchev–Trinajstić information content (AvgIpc) is 2.30. The van der Waals surface area contributed by atoms with Crippen LogP contribution in [-0.4, -0.2) is 35.7 Å². The molecule has 1 unspecified atom stereocenters. The van der Waals surface area contributed by atoms with Gasteiger partial charge in [-0.2, -0.15) is 0 Å². The zero-order valence-corrected chi connectivity index (χ0v) is 16.3. The highest BCUT2D eigenvalue weighted by molar-refractivity contribution is 9.13. The number of nitrogens with zero attached hydrogens (tertiary/aromatic N) is 1. The molecule has 1 aromatic rings. The fourth-order valence-electron chi connectivity index (χ4n) is 3.28. The van der Waals surface area contributed by atoms with Gasteiger partial charge in [-0.3, -0.25) is 4.90 Å². The highest BCUT2D eigenvalue weighted by Gasteiger charge is 2.40. The average molecular weight is 420 g/mol. The van der Waals surface area contributed by atoms with Crippen molar-refractivity contribution in [2.45, 2.75) is 44.9 Å². The summed E-state index contributed by atoms with van der Waals surface area (Å²) in [6.07, 6.45) is 0. The van der Waals surface area contributed by atoms with Crippen molar-refractivity contribution < 1.29 is 4.74 Å². The van der Waals surface area contributed by atoms with Crippen LogP contribution in [0.2, 0.25) is 0 Å². The van der Waals surface area contributed by atoms with Crippen LogP contribution in [0.25, 0.3) is 0 Å². The van der Waals surface area contributed by atoms with Crippen molar-refractivity contribution in [2.24, 2.45) is 5.73 Å². The topological polar surface area (TPSA) is 38.5 Å². The summed E-state index contributed by atoms with van der Waals surface area (Å²) in [5.74, 6) is 0. The summed E-state index contributed by atoms with van der Waals surface area (Å²) in [5, 5.41) is 0. The third-order valence-electron chi connectivity index (χ3n) is 3.71. The zero-order valence-electron chi connectivity index (χ0n) is 13.1. The molecule has 1 atom stereocenters. The molecule has 0 aromatic heterocycles. The van der Waals surface area contributed by atoms with Gasteiger partial charge in [0, 0.05) is 34.6 Å². The van der Waals surface area contributed by atoms with Crippen LogP contribution < -0.4 is 5.73 Å². The molecule has 2 rings (SSSR count). The molecule has 0 spiro atoms. The maximum atomic E-state index is 6.17. The maximum Gasteiger partial charge on any atom is 0.0761 e. The Morgan fingerprint density at radius 2 is 1.71 bits per heavy atom. The Kier molecular flexibility index (Phi) is 5.21. The summed E-state index contributed by atoms with van der Waals surface area (Å²) < 4.78 is 8.29. The van der Waals surface area contributed by atoms with Gasteiger partial charge in [-0.25, -0.2) is 0 Å². The third-order valence-corrected chi connectivity index (χ3v) is 5.59. The highest BCUT2D eigenvalue weighted by Crippen LogP contribution is 2.35. The Labute approximate surface area is 144 Å². The fourth-order valence-corrected chi connectivity index (χ4v) is 3.93. The van der Waals surface area contributed by atoms with Gasteiger partial charge in [0.1, 0.15) is 0 Å². The van der Waals surface area contributed by atoms with E-state index in [4.69, 9.17) is 10.5 Å². The van der Waals surface area contributed by atoms with E-state index in [1.807, 2.05) is 0 Å². The summed E-state index contributed by atoms with van der Waals surface area (Å²) >= 11 is 7.10. The molecule has 1 aromatic carbocycles. The Morgan fingerprint density at radius 3 is 2.19 bits per heavy atom. The molecule has 0 aliphatic carbocycles. The number of rotatable bonds is 3. The first kappa shape index (κ1) is 17.4. The lowest BCUT2D eigenvalue weighted by atomic mass is 9.95. The zero-order chi connectivity index (χ0) is 15.8. The molecule has 1 heterocycles. The van der Waals surface area contributed by atoms with E-state index < -0.39 is 0 Å². The van der Waals surface area contributed by atoms with E-state index in [0.717, 1.165) is 22.0 Å². The summed E-state index contributed by atoms with van der Waals surface area (Å²) in [5.41, 5.74) is 7.00. The second-order valence-corrected chi connectivity index (χ2v) is 8.66. The van der Waals surface area contributed by atoms with Crippen LogP contribution in [0, 0.1) is 0 Å². The van der Waals surface area contributed by atoms with Gasteiger partial charge in [0.2, 0.25) is 0 Å². The number of hydrogen-bond acceptors (Lipinski definition) is 3. The van der Waals surface area contributed by atoms with Gasteiger partial charge in [0.25, 0.3) is 0 Å². The number of nitrogens with two attached hydrogens (primary N) is 1. The lowest BCUT2D eigenvalue weighted by Crippen LogP contribution is -2.58. The van der Waals surface area contributed by atoms with Crippen LogP contribution in [0.15, 0.2) is 27.1 Å². The molecule has 1 aliphatic rings. The predicted octanol–water partition coefficient (Wildman–Crippen LogP) is 4.10. The molecule has 0 amide bonds. The van der Waals surface area contributed by atoms with Gasteiger partial charge in [-0.1, -0.05) is 6.07 Å². The molecule has 2 N–H and O–H groups in total. The Hall–Kier alpha value is 0.0600. The molecule has 1 saturated heterocycles. The molecule has 0 saturated carbocycles. The fraction of sp³-hybridized carbons (Fsp3) is 0.625. The number of halogens is 2. The minimum Gasteiger partial charge on any atom is -0.367 e. The van der Waals surface area contributed by atoms with Crippen molar-refractivity contribution in [1.29, 1.82) is 0 Å². The van der Waals surface area contributed by atoms with Crippen molar-refractivity contribution in [3.63, 3.8) is 0 Å². The van der Waals surface area contributed by atoms with Crippen molar-refractivity contribution >= 4 is 31.9 Å². The minimum absolute atomic E-state index is 0.165. The summed E-state index contributed by atoms with van der Waals surface area (Å²) in [6, 6.07) is 6.56.